The fourth-order valence-electron chi connectivity index (χ4n) is 3.05. The van der Waals surface area contributed by atoms with Crippen molar-refractivity contribution in [1.29, 1.82) is 5.26 Å². The van der Waals surface area contributed by atoms with Crippen LogP contribution in [0.25, 0.3) is 0 Å². The lowest BCUT2D eigenvalue weighted by Gasteiger charge is -2.11. The molecule has 1 aliphatic rings. The van der Waals surface area contributed by atoms with E-state index in [-0.39, 0.29) is 29.0 Å². The van der Waals surface area contributed by atoms with Crippen LogP contribution in [0.3, 0.4) is 0 Å². The van der Waals surface area contributed by atoms with Crippen LogP contribution in [0.5, 0.6) is 0 Å². The van der Waals surface area contributed by atoms with Crippen molar-refractivity contribution in [2.75, 3.05) is 5.73 Å². The molecular formula is C19H21N5O. The SMILES string of the molecule is CCc1ccc(C(=O)/C(=N/C2CCCC2)n2ncc(C#N)c2N)cc1. The van der Waals surface area contributed by atoms with Crippen LogP contribution in [0.15, 0.2) is 35.5 Å². The predicted octanol–water partition coefficient (Wildman–Crippen LogP) is 2.97. The molecule has 0 atom stereocenters. The van der Waals surface area contributed by atoms with Crippen LogP contribution >= 0.6 is 0 Å². The number of hydrogen-bond donors (Lipinski definition) is 1. The van der Waals surface area contributed by atoms with Crippen molar-refractivity contribution < 1.29 is 4.79 Å². The van der Waals surface area contributed by atoms with E-state index in [2.05, 4.69) is 17.0 Å². The number of ketones is 1. The van der Waals surface area contributed by atoms with Gasteiger partial charge in [0.15, 0.2) is 5.84 Å². The zero-order valence-electron chi connectivity index (χ0n) is 14.3. The second kappa shape index (κ2) is 7.31. The van der Waals surface area contributed by atoms with Crippen LogP contribution in [-0.2, 0) is 6.42 Å². The number of nitrogens with zero attached hydrogens (tertiary/aromatic N) is 4. The van der Waals surface area contributed by atoms with Crippen molar-refractivity contribution in [3.8, 4) is 6.07 Å². The molecule has 1 aromatic carbocycles. The highest BCUT2D eigenvalue weighted by Crippen LogP contribution is 2.22. The number of anilines is 1. The van der Waals surface area contributed by atoms with Crippen molar-refractivity contribution in [1.82, 2.24) is 9.78 Å². The first kappa shape index (κ1) is 16.9. The molecule has 0 amide bonds. The molecule has 1 aromatic heterocycles. The second-order valence-electron chi connectivity index (χ2n) is 6.24. The number of rotatable bonds is 4. The molecule has 1 fully saturated rings. The first-order valence-electron chi connectivity index (χ1n) is 8.59. The summed E-state index contributed by atoms with van der Waals surface area (Å²) < 4.78 is 1.30. The van der Waals surface area contributed by atoms with Crippen LogP contribution < -0.4 is 5.73 Å². The van der Waals surface area contributed by atoms with Gasteiger partial charge in [-0.15, -0.1) is 0 Å². The lowest BCUT2D eigenvalue weighted by Crippen LogP contribution is -2.27. The summed E-state index contributed by atoms with van der Waals surface area (Å²) in [5, 5.41) is 13.2. The van der Waals surface area contributed by atoms with Crippen LogP contribution in [0.2, 0.25) is 0 Å². The number of aliphatic imine (C=N–C) groups is 1. The molecule has 6 heteroatoms. The third kappa shape index (κ3) is 3.45. The van der Waals surface area contributed by atoms with E-state index in [1.165, 1.54) is 10.9 Å². The van der Waals surface area contributed by atoms with Gasteiger partial charge in [0.1, 0.15) is 17.5 Å². The van der Waals surface area contributed by atoms with Gasteiger partial charge in [0.05, 0.1) is 12.2 Å². The fraction of sp³-hybridized carbons (Fsp3) is 0.368. The Bertz CT molecular complexity index is 836. The normalized spacial score (nSPS) is 15.3. The molecule has 2 aromatic rings. The molecule has 25 heavy (non-hydrogen) atoms. The first-order valence-corrected chi connectivity index (χ1v) is 8.59. The summed E-state index contributed by atoms with van der Waals surface area (Å²) in [5.74, 6) is 0.113. The molecule has 0 aliphatic heterocycles. The number of nitrogen functional groups attached to an aromatic ring is 1. The minimum atomic E-state index is -0.228. The third-order valence-corrected chi connectivity index (χ3v) is 4.58. The molecule has 0 spiro atoms. The number of nitriles is 1. The van der Waals surface area contributed by atoms with Crippen LogP contribution in [0, 0.1) is 11.3 Å². The average Bonchev–Trinajstić information content (AvgIpc) is 3.28. The summed E-state index contributed by atoms with van der Waals surface area (Å²) in [5.41, 5.74) is 7.95. The summed E-state index contributed by atoms with van der Waals surface area (Å²) in [6.07, 6.45) is 6.41. The number of carbonyl (C=O) groups excluding carboxylic acids is 1. The molecule has 3 rings (SSSR count). The van der Waals surface area contributed by atoms with Gasteiger partial charge in [-0.3, -0.25) is 9.79 Å². The third-order valence-electron chi connectivity index (χ3n) is 4.58. The van der Waals surface area contributed by atoms with E-state index >= 15 is 0 Å². The molecule has 1 saturated carbocycles. The number of Topliss-reactive ketones (excluding diaryl/α,β-unsaturated/α-hetero) is 1. The van der Waals surface area contributed by atoms with Gasteiger partial charge in [0.25, 0.3) is 0 Å². The molecule has 2 N–H and O–H groups in total. The van der Waals surface area contributed by atoms with Crippen molar-refractivity contribution in [2.45, 2.75) is 45.1 Å². The number of carbonyl (C=O) groups is 1. The Morgan fingerprint density at radius 2 is 2.04 bits per heavy atom. The van der Waals surface area contributed by atoms with Gasteiger partial charge in [-0.25, -0.2) is 0 Å². The maximum atomic E-state index is 13.1. The smallest absolute Gasteiger partial charge is 0.229 e. The van der Waals surface area contributed by atoms with E-state index in [1.54, 1.807) is 12.1 Å². The monoisotopic (exact) mass is 335 g/mol. The first-order chi connectivity index (χ1) is 12.1. The highest BCUT2D eigenvalue weighted by Gasteiger charge is 2.24. The van der Waals surface area contributed by atoms with Gasteiger partial charge < -0.3 is 5.73 Å². The number of benzene rings is 1. The molecule has 0 unspecified atom stereocenters. The van der Waals surface area contributed by atoms with Crippen LogP contribution in [-0.4, -0.2) is 27.4 Å². The van der Waals surface area contributed by atoms with Gasteiger partial charge in [-0.2, -0.15) is 15.0 Å². The summed E-state index contributed by atoms with van der Waals surface area (Å²) in [6, 6.07) is 9.56. The number of hydrogen-bond acceptors (Lipinski definition) is 5. The standard InChI is InChI=1S/C19H21N5O/c1-2-13-7-9-14(10-8-13)17(25)19(23-16-5-3-4-6-16)24-18(21)15(11-20)12-22-24/h7-10,12,16H,2-6,21H2,1H3/b23-19-. The van der Waals surface area contributed by atoms with E-state index in [9.17, 15) is 4.79 Å². The summed E-state index contributed by atoms with van der Waals surface area (Å²) in [4.78, 5) is 17.7. The minimum absolute atomic E-state index is 0.100. The largest absolute Gasteiger partial charge is 0.382 e. The predicted molar refractivity (Wildman–Crippen MR) is 96.6 cm³/mol. The van der Waals surface area contributed by atoms with Crippen molar-refractivity contribution in [3.63, 3.8) is 0 Å². The average molecular weight is 335 g/mol. The zero-order chi connectivity index (χ0) is 17.8. The molecule has 0 radical (unpaired) electrons. The van der Waals surface area contributed by atoms with Gasteiger partial charge >= 0.3 is 0 Å². The maximum absolute atomic E-state index is 13.1. The van der Waals surface area contributed by atoms with Crippen LogP contribution in [0.4, 0.5) is 5.82 Å². The Morgan fingerprint density at radius 1 is 1.36 bits per heavy atom. The Balaban J connectivity index is 2.02. The van der Waals surface area contributed by atoms with Gasteiger partial charge in [0.2, 0.25) is 5.78 Å². The Kier molecular flexibility index (Phi) is 4.94. The molecule has 1 aliphatic carbocycles. The molecule has 1 heterocycles. The Labute approximate surface area is 147 Å². The summed E-state index contributed by atoms with van der Waals surface area (Å²) in [6.45, 7) is 2.07. The second-order valence-corrected chi connectivity index (χ2v) is 6.24. The highest BCUT2D eigenvalue weighted by atomic mass is 16.1. The summed E-state index contributed by atoms with van der Waals surface area (Å²) in [7, 11) is 0. The Hall–Kier alpha value is -2.94. The van der Waals surface area contributed by atoms with E-state index in [0.717, 1.165) is 37.7 Å². The van der Waals surface area contributed by atoms with Gasteiger partial charge in [-0.1, -0.05) is 44.0 Å². The van der Waals surface area contributed by atoms with Crippen molar-refractivity contribution >= 4 is 17.4 Å². The van der Waals surface area contributed by atoms with Crippen LogP contribution in [0.1, 0.15) is 54.1 Å². The van der Waals surface area contributed by atoms with Gasteiger partial charge in [-0.05, 0) is 24.8 Å². The van der Waals surface area contributed by atoms with Crippen molar-refractivity contribution in [2.24, 2.45) is 4.99 Å². The lowest BCUT2D eigenvalue weighted by molar-refractivity contribution is 0.106. The minimum Gasteiger partial charge on any atom is -0.382 e. The lowest BCUT2D eigenvalue weighted by atomic mass is 10.1. The van der Waals surface area contributed by atoms with E-state index < -0.39 is 0 Å². The highest BCUT2D eigenvalue weighted by molar-refractivity contribution is 6.46. The maximum Gasteiger partial charge on any atom is 0.229 e. The molecule has 128 valence electrons. The number of nitrogens with two attached hydrogens (primary N) is 1. The molecule has 6 nitrogen and oxygen atoms in total. The van der Waals surface area contributed by atoms with E-state index in [4.69, 9.17) is 11.0 Å². The topological polar surface area (TPSA) is 97.1 Å². The fourth-order valence-corrected chi connectivity index (χ4v) is 3.05. The molecule has 0 saturated heterocycles. The van der Waals surface area contributed by atoms with Gasteiger partial charge in [0, 0.05) is 5.56 Å². The zero-order valence-corrected chi connectivity index (χ0v) is 14.3. The number of aromatic nitrogens is 2. The molecular weight excluding hydrogens is 314 g/mol. The Morgan fingerprint density at radius 3 is 2.60 bits per heavy atom. The molecule has 0 bridgehead atoms. The van der Waals surface area contributed by atoms with E-state index in [0.29, 0.717) is 5.56 Å². The van der Waals surface area contributed by atoms with E-state index in [1.807, 2.05) is 18.2 Å². The number of aryl methyl sites for hydroxylation is 1. The van der Waals surface area contributed by atoms with Crippen molar-refractivity contribution in [3.05, 3.63) is 47.2 Å². The summed E-state index contributed by atoms with van der Waals surface area (Å²) >= 11 is 0. The quantitative estimate of drug-likeness (QED) is 0.527.